The van der Waals surface area contributed by atoms with Gasteiger partial charge in [0.2, 0.25) is 0 Å². The van der Waals surface area contributed by atoms with Crippen LogP contribution >= 0.6 is 11.3 Å². The van der Waals surface area contributed by atoms with Crippen molar-refractivity contribution in [1.29, 1.82) is 0 Å². The van der Waals surface area contributed by atoms with Gasteiger partial charge in [-0.2, -0.15) is 0 Å². The first-order valence-corrected chi connectivity index (χ1v) is 7.60. The summed E-state index contributed by atoms with van der Waals surface area (Å²) >= 11 is 1.24. The summed E-state index contributed by atoms with van der Waals surface area (Å²) in [5.74, 6) is -0.498. The number of amides is 1. The molecule has 1 N–H and O–H groups in total. The van der Waals surface area contributed by atoms with E-state index >= 15 is 0 Å². The van der Waals surface area contributed by atoms with Crippen LogP contribution in [-0.4, -0.2) is 22.9 Å². The highest BCUT2D eigenvalue weighted by molar-refractivity contribution is 7.14. The van der Waals surface area contributed by atoms with E-state index in [0.717, 1.165) is 17.4 Å². The van der Waals surface area contributed by atoms with Crippen LogP contribution in [0.3, 0.4) is 0 Å². The largest absolute Gasteiger partial charge is 0.497 e. The first kappa shape index (κ1) is 15.7. The van der Waals surface area contributed by atoms with Crippen molar-refractivity contribution in [3.63, 3.8) is 0 Å². The van der Waals surface area contributed by atoms with Gasteiger partial charge >= 0.3 is 5.88 Å². The highest BCUT2D eigenvalue weighted by atomic mass is 32.1. The van der Waals surface area contributed by atoms with Gasteiger partial charge in [-0.05, 0) is 30.3 Å². The van der Waals surface area contributed by atoms with E-state index in [1.165, 1.54) is 17.4 Å². The van der Waals surface area contributed by atoms with Crippen molar-refractivity contribution >= 4 is 28.3 Å². The van der Waals surface area contributed by atoms with Crippen molar-refractivity contribution in [2.75, 3.05) is 12.4 Å². The molecule has 0 bridgehead atoms. The Labute approximate surface area is 139 Å². The van der Waals surface area contributed by atoms with E-state index in [1.54, 1.807) is 12.5 Å². The minimum absolute atomic E-state index is 0.150. The molecule has 2 heterocycles. The summed E-state index contributed by atoms with van der Waals surface area (Å²) in [4.78, 5) is 26.2. The lowest BCUT2D eigenvalue weighted by molar-refractivity contribution is -0.402. The van der Waals surface area contributed by atoms with Crippen LogP contribution in [0.15, 0.2) is 46.2 Å². The topological polar surface area (TPSA) is 108 Å². The number of benzene rings is 1. The predicted octanol–water partition coefficient (Wildman–Crippen LogP) is 3.57. The van der Waals surface area contributed by atoms with E-state index in [-0.39, 0.29) is 5.76 Å². The zero-order chi connectivity index (χ0) is 17.1. The van der Waals surface area contributed by atoms with Crippen LogP contribution in [0, 0.1) is 10.1 Å². The quantitative estimate of drug-likeness (QED) is 0.559. The molecule has 0 spiro atoms. The molecule has 3 rings (SSSR count). The maximum atomic E-state index is 12.0. The summed E-state index contributed by atoms with van der Waals surface area (Å²) in [5.41, 5.74) is 1.57. The number of furan rings is 1. The molecule has 2 aromatic heterocycles. The number of ether oxygens (including phenoxy) is 1. The minimum atomic E-state index is -0.706. The van der Waals surface area contributed by atoms with Gasteiger partial charge in [-0.15, -0.1) is 11.3 Å². The van der Waals surface area contributed by atoms with E-state index in [9.17, 15) is 14.9 Å². The van der Waals surface area contributed by atoms with Gasteiger partial charge in [0.1, 0.15) is 10.7 Å². The summed E-state index contributed by atoms with van der Waals surface area (Å²) in [6.45, 7) is 0. The third kappa shape index (κ3) is 3.25. The van der Waals surface area contributed by atoms with Gasteiger partial charge in [-0.1, -0.05) is 0 Å². The van der Waals surface area contributed by atoms with Crippen molar-refractivity contribution in [2.24, 2.45) is 0 Å². The first-order valence-electron chi connectivity index (χ1n) is 6.72. The average molecular weight is 345 g/mol. The van der Waals surface area contributed by atoms with Gasteiger partial charge in [0.25, 0.3) is 5.91 Å². The molecule has 1 amide bonds. The zero-order valence-electron chi connectivity index (χ0n) is 12.4. The van der Waals surface area contributed by atoms with Crippen molar-refractivity contribution in [2.45, 2.75) is 0 Å². The number of methoxy groups -OCH3 is 1. The number of thiazole rings is 1. The minimum Gasteiger partial charge on any atom is -0.497 e. The van der Waals surface area contributed by atoms with Gasteiger partial charge in [-0.25, -0.2) is 4.98 Å². The van der Waals surface area contributed by atoms with E-state index < -0.39 is 16.7 Å². The fraction of sp³-hybridized carbons (Fsp3) is 0.0667. The highest BCUT2D eigenvalue weighted by Crippen LogP contribution is 2.27. The van der Waals surface area contributed by atoms with Crippen LogP contribution in [0.4, 0.5) is 11.0 Å². The second-order valence-electron chi connectivity index (χ2n) is 4.62. The Morgan fingerprint density at radius 1 is 1.29 bits per heavy atom. The molecule has 122 valence electrons. The SMILES string of the molecule is COc1ccc(-c2csc(NC(=O)c3ccc([N+](=O)[O-])o3)n2)cc1. The van der Waals surface area contributed by atoms with Gasteiger partial charge in [0.15, 0.2) is 10.9 Å². The number of hydrogen-bond donors (Lipinski definition) is 1. The lowest BCUT2D eigenvalue weighted by Gasteiger charge is -2.00. The van der Waals surface area contributed by atoms with Gasteiger partial charge in [-0.3, -0.25) is 20.2 Å². The molecule has 1 aromatic carbocycles. The molecule has 9 heteroatoms. The molecule has 0 aliphatic heterocycles. The number of nitro groups is 1. The second kappa shape index (κ2) is 6.50. The number of carbonyl (C=O) groups excluding carboxylic acids is 1. The standard InChI is InChI=1S/C15H11N3O5S/c1-22-10-4-2-9(3-5-10)11-8-24-15(16-11)17-14(19)12-6-7-13(23-12)18(20)21/h2-8H,1H3,(H,16,17,19). The Morgan fingerprint density at radius 3 is 2.67 bits per heavy atom. The third-order valence-corrected chi connectivity index (χ3v) is 3.86. The number of anilines is 1. The zero-order valence-corrected chi connectivity index (χ0v) is 13.2. The molecule has 0 atom stereocenters. The van der Waals surface area contributed by atoms with Crippen LogP contribution in [0.1, 0.15) is 10.6 Å². The van der Waals surface area contributed by atoms with Crippen molar-refractivity contribution in [3.05, 3.63) is 57.7 Å². The number of nitrogens with one attached hydrogen (secondary N) is 1. The molecule has 0 aliphatic rings. The lowest BCUT2D eigenvalue weighted by Crippen LogP contribution is -2.10. The predicted molar refractivity (Wildman–Crippen MR) is 87.4 cm³/mol. The fourth-order valence-corrected chi connectivity index (χ4v) is 2.65. The van der Waals surface area contributed by atoms with E-state index in [1.807, 2.05) is 24.3 Å². The summed E-state index contributed by atoms with van der Waals surface area (Å²) in [7, 11) is 1.59. The van der Waals surface area contributed by atoms with Gasteiger partial charge < -0.3 is 9.15 Å². The molecule has 8 nitrogen and oxygen atoms in total. The second-order valence-corrected chi connectivity index (χ2v) is 5.47. The molecule has 0 fully saturated rings. The Kier molecular flexibility index (Phi) is 4.25. The molecule has 0 radical (unpaired) electrons. The Bertz CT molecular complexity index is 885. The number of nitrogens with zero attached hydrogens (tertiary/aromatic N) is 2. The van der Waals surface area contributed by atoms with Gasteiger partial charge in [0, 0.05) is 10.9 Å². The van der Waals surface area contributed by atoms with Gasteiger partial charge in [0.05, 0.1) is 18.9 Å². The lowest BCUT2D eigenvalue weighted by atomic mass is 10.2. The van der Waals surface area contributed by atoms with Crippen molar-refractivity contribution < 1.29 is 18.9 Å². The maximum absolute atomic E-state index is 12.0. The Balaban J connectivity index is 1.72. The van der Waals surface area contributed by atoms with Crippen LogP contribution in [0.2, 0.25) is 0 Å². The van der Waals surface area contributed by atoms with Crippen LogP contribution in [0.5, 0.6) is 5.75 Å². The van der Waals surface area contributed by atoms with E-state index in [2.05, 4.69) is 10.3 Å². The molecule has 24 heavy (non-hydrogen) atoms. The number of rotatable bonds is 5. The number of hydrogen-bond acceptors (Lipinski definition) is 7. The molecule has 0 aliphatic carbocycles. The normalized spacial score (nSPS) is 10.4. The van der Waals surface area contributed by atoms with E-state index in [4.69, 9.17) is 9.15 Å². The van der Waals surface area contributed by atoms with Crippen molar-refractivity contribution in [1.82, 2.24) is 4.98 Å². The Hall–Kier alpha value is -3.20. The van der Waals surface area contributed by atoms with Crippen molar-refractivity contribution in [3.8, 4) is 17.0 Å². The average Bonchev–Trinajstić information content (AvgIpc) is 3.24. The smallest absolute Gasteiger partial charge is 0.433 e. The van der Waals surface area contributed by atoms with Crippen LogP contribution in [-0.2, 0) is 0 Å². The van der Waals surface area contributed by atoms with Crippen LogP contribution in [0.25, 0.3) is 11.3 Å². The first-order chi connectivity index (χ1) is 11.6. The molecular formula is C15H11N3O5S. The fourth-order valence-electron chi connectivity index (χ4n) is 1.93. The molecular weight excluding hydrogens is 334 g/mol. The molecule has 0 unspecified atom stereocenters. The van der Waals surface area contributed by atoms with Crippen LogP contribution < -0.4 is 10.1 Å². The number of carbonyl (C=O) groups is 1. The maximum Gasteiger partial charge on any atom is 0.433 e. The molecule has 0 saturated carbocycles. The monoisotopic (exact) mass is 345 g/mol. The number of aromatic nitrogens is 1. The summed E-state index contributed by atoms with van der Waals surface area (Å²) in [6.07, 6.45) is 0. The highest BCUT2D eigenvalue weighted by Gasteiger charge is 2.18. The summed E-state index contributed by atoms with van der Waals surface area (Å²) in [5, 5.41) is 15.3. The third-order valence-electron chi connectivity index (χ3n) is 3.11. The summed E-state index contributed by atoms with van der Waals surface area (Å²) < 4.78 is 9.95. The molecule has 0 saturated heterocycles. The summed E-state index contributed by atoms with van der Waals surface area (Å²) in [6, 6.07) is 9.71. The van der Waals surface area contributed by atoms with E-state index in [0.29, 0.717) is 10.8 Å². The Morgan fingerprint density at radius 2 is 2.04 bits per heavy atom. The molecule has 3 aromatic rings.